The predicted octanol–water partition coefficient (Wildman–Crippen LogP) is 2.62. The summed E-state index contributed by atoms with van der Waals surface area (Å²) in [5, 5.41) is 0.836. The Labute approximate surface area is 101 Å². The number of halogens is 1. The van der Waals surface area contributed by atoms with E-state index in [1.807, 2.05) is 18.2 Å². The number of rotatable bonds is 0. The molecule has 0 unspecified atom stereocenters. The summed E-state index contributed by atoms with van der Waals surface area (Å²) in [4.78, 5) is 15.6. The van der Waals surface area contributed by atoms with Crippen molar-refractivity contribution in [2.45, 2.75) is 19.3 Å². The number of hydrogen-bond donors (Lipinski definition) is 1. The first-order valence-electron chi connectivity index (χ1n) is 5.09. The lowest BCUT2D eigenvalue weighted by atomic mass is 10.1. The largest absolute Gasteiger partial charge is 0.357 e. The Hall–Kier alpha value is -0.840. The summed E-state index contributed by atoms with van der Waals surface area (Å²) >= 11 is 2.27. The summed E-state index contributed by atoms with van der Waals surface area (Å²) in [6, 6.07) is 5.88. The molecule has 0 aliphatic heterocycles. The standard InChI is InChI=1S/C12H10INO/c13-9-5-1-4-8-11(9)14-10-6-2-3-7(10)12(8)15/h1,4-5H,2-3,6H2,(H,14,15). The number of aromatic nitrogens is 1. The van der Waals surface area contributed by atoms with Gasteiger partial charge >= 0.3 is 0 Å². The molecule has 0 atom stereocenters. The van der Waals surface area contributed by atoms with Crippen LogP contribution in [0.2, 0.25) is 0 Å². The van der Waals surface area contributed by atoms with Crippen LogP contribution in [0.25, 0.3) is 10.9 Å². The molecule has 0 amide bonds. The number of hydrogen-bond acceptors (Lipinski definition) is 1. The maximum atomic E-state index is 12.1. The summed E-state index contributed by atoms with van der Waals surface area (Å²) in [5.41, 5.74) is 3.39. The second-order valence-corrected chi connectivity index (χ2v) is 5.09. The molecule has 0 saturated heterocycles. The molecule has 0 fully saturated rings. The number of aryl methyl sites for hydroxylation is 1. The molecule has 1 N–H and O–H groups in total. The Morgan fingerprint density at radius 2 is 2.13 bits per heavy atom. The van der Waals surface area contributed by atoms with Crippen molar-refractivity contribution in [3.63, 3.8) is 0 Å². The van der Waals surface area contributed by atoms with Gasteiger partial charge in [-0.2, -0.15) is 0 Å². The smallest absolute Gasteiger partial charge is 0.192 e. The van der Waals surface area contributed by atoms with Gasteiger partial charge in [0.1, 0.15) is 0 Å². The minimum absolute atomic E-state index is 0.231. The van der Waals surface area contributed by atoms with Gasteiger partial charge in [0.25, 0.3) is 0 Å². The van der Waals surface area contributed by atoms with Crippen LogP contribution in [0.5, 0.6) is 0 Å². The molecule has 1 aromatic heterocycles. The molecule has 2 nitrogen and oxygen atoms in total. The van der Waals surface area contributed by atoms with Crippen molar-refractivity contribution in [1.29, 1.82) is 0 Å². The van der Waals surface area contributed by atoms with Gasteiger partial charge in [0.05, 0.1) is 5.52 Å². The van der Waals surface area contributed by atoms with Crippen LogP contribution in [-0.4, -0.2) is 4.98 Å². The number of pyridine rings is 1. The van der Waals surface area contributed by atoms with Gasteiger partial charge in [0.2, 0.25) is 0 Å². The van der Waals surface area contributed by atoms with E-state index in [-0.39, 0.29) is 5.43 Å². The molecule has 1 aromatic carbocycles. The second-order valence-electron chi connectivity index (χ2n) is 3.93. The summed E-state index contributed by atoms with van der Waals surface area (Å²) in [6.45, 7) is 0. The van der Waals surface area contributed by atoms with E-state index in [2.05, 4.69) is 27.6 Å². The van der Waals surface area contributed by atoms with Gasteiger partial charge in [0, 0.05) is 20.2 Å². The van der Waals surface area contributed by atoms with E-state index in [0.717, 1.165) is 45.0 Å². The topological polar surface area (TPSA) is 32.9 Å². The summed E-state index contributed by atoms with van der Waals surface area (Å²) in [5.74, 6) is 0. The van der Waals surface area contributed by atoms with Crippen LogP contribution in [0.4, 0.5) is 0 Å². The van der Waals surface area contributed by atoms with E-state index in [1.165, 1.54) is 0 Å². The van der Waals surface area contributed by atoms with Crippen LogP contribution in [0.15, 0.2) is 23.0 Å². The molecule has 1 heterocycles. The molecule has 2 aromatic rings. The Morgan fingerprint density at radius 3 is 3.00 bits per heavy atom. The molecule has 3 rings (SSSR count). The maximum Gasteiger partial charge on any atom is 0.192 e. The van der Waals surface area contributed by atoms with E-state index in [1.54, 1.807) is 0 Å². The predicted molar refractivity (Wildman–Crippen MR) is 69.3 cm³/mol. The van der Waals surface area contributed by atoms with Crippen molar-refractivity contribution in [3.05, 3.63) is 43.2 Å². The van der Waals surface area contributed by atoms with Crippen LogP contribution >= 0.6 is 22.6 Å². The fourth-order valence-corrected chi connectivity index (χ4v) is 2.92. The first-order chi connectivity index (χ1) is 7.27. The maximum absolute atomic E-state index is 12.1. The lowest BCUT2D eigenvalue weighted by molar-refractivity contribution is 0.900. The highest BCUT2D eigenvalue weighted by molar-refractivity contribution is 14.1. The van der Waals surface area contributed by atoms with Crippen molar-refractivity contribution >= 4 is 33.5 Å². The van der Waals surface area contributed by atoms with Crippen molar-refractivity contribution in [2.75, 3.05) is 0 Å². The van der Waals surface area contributed by atoms with E-state index in [4.69, 9.17) is 0 Å². The monoisotopic (exact) mass is 311 g/mol. The highest BCUT2D eigenvalue weighted by Gasteiger charge is 2.17. The zero-order valence-electron chi connectivity index (χ0n) is 8.14. The Balaban J connectivity index is 2.52. The fraction of sp³-hybridized carbons (Fsp3) is 0.250. The van der Waals surface area contributed by atoms with Crippen molar-refractivity contribution in [3.8, 4) is 0 Å². The third kappa shape index (κ3) is 1.33. The van der Waals surface area contributed by atoms with Crippen LogP contribution < -0.4 is 5.43 Å². The van der Waals surface area contributed by atoms with Gasteiger partial charge in [-0.3, -0.25) is 4.79 Å². The third-order valence-electron chi connectivity index (χ3n) is 3.03. The quantitative estimate of drug-likeness (QED) is 0.746. The molecular formula is C12H10INO. The molecular weight excluding hydrogens is 301 g/mol. The summed E-state index contributed by atoms with van der Waals surface area (Å²) in [6.07, 6.45) is 3.06. The summed E-state index contributed by atoms with van der Waals surface area (Å²) < 4.78 is 1.12. The third-order valence-corrected chi connectivity index (χ3v) is 3.93. The van der Waals surface area contributed by atoms with Crippen molar-refractivity contribution < 1.29 is 0 Å². The zero-order valence-corrected chi connectivity index (χ0v) is 10.3. The molecule has 0 spiro atoms. The van der Waals surface area contributed by atoms with Gasteiger partial charge < -0.3 is 4.98 Å². The van der Waals surface area contributed by atoms with Crippen LogP contribution in [-0.2, 0) is 12.8 Å². The van der Waals surface area contributed by atoms with Gasteiger partial charge in [-0.25, -0.2) is 0 Å². The highest BCUT2D eigenvalue weighted by atomic mass is 127. The van der Waals surface area contributed by atoms with E-state index < -0.39 is 0 Å². The minimum Gasteiger partial charge on any atom is -0.357 e. The number of benzene rings is 1. The zero-order chi connectivity index (χ0) is 10.4. The average molecular weight is 311 g/mol. The molecule has 1 aliphatic carbocycles. The van der Waals surface area contributed by atoms with Gasteiger partial charge in [-0.05, 0) is 54.0 Å². The molecule has 3 heteroatoms. The Kier molecular flexibility index (Phi) is 2.09. The molecule has 0 radical (unpaired) electrons. The van der Waals surface area contributed by atoms with Crippen LogP contribution in [0.1, 0.15) is 17.7 Å². The number of nitrogens with one attached hydrogen (secondary N) is 1. The molecule has 76 valence electrons. The summed E-state index contributed by atoms with van der Waals surface area (Å²) in [7, 11) is 0. The second kappa shape index (κ2) is 3.33. The van der Waals surface area contributed by atoms with E-state index >= 15 is 0 Å². The molecule has 15 heavy (non-hydrogen) atoms. The number of aromatic amines is 1. The normalized spacial score (nSPS) is 14.5. The first-order valence-corrected chi connectivity index (χ1v) is 6.17. The lowest BCUT2D eigenvalue weighted by Crippen LogP contribution is -2.10. The number of para-hydroxylation sites is 1. The van der Waals surface area contributed by atoms with Gasteiger partial charge in [-0.1, -0.05) is 6.07 Å². The molecule has 0 saturated carbocycles. The van der Waals surface area contributed by atoms with Crippen molar-refractivity contribution in [2.24, 2.45) is 0 Å². The lowest BCUT2D eigenvalue weighted by Gasteiger charge is -2.04. The Bertz CT molecular complexity index is 600. The van der Waals surface area contributed by atoms with Crippen LogP contribution in [0, 0.1) is 3.57 Å². The number of fused-ring (bicyclic) bond motifs is 2. The highest BCUT2D eigenvalue weighted by Crippen LogP contribution is 2.22. The molecule has 0 bridgehead atoms. The van der Waals surface area contributed by atoms with Gasteiger partial charge in [-0.15, -0.1) is 0 Å². The fourth-order valence-electron chi connectivity index (χ4n) is 2.29. The van der Waals surface area contributed by atoms with Crippen LogP contribution in [0.3, 0.4) is 0 Å². The minimum atomic E-state index is 0.231. The SMILES string of the molecule is O=c1c2c([nH]c3c(I)cccc13)CCC2. The number of H-pyrrole nitrogens is 1. The van der Waals surface area contributed by atoms with Crippen molar-refractivity contribution in [1.82, 2.24) is 4.98 Å². The van der Waals surface area contributed by atoms with E-state index in [0.29, 0.717) is 0 Å². The average Bonchev–Trinajstić information content (AvgIpc) is 2.68. The Morgan fingerprint density at radius 1 is 1.27 bits per heavy atom. The molecule has 1 aliphatic rings. The van der Waals surface area contributed by atoms with Gasteiger partial charge in [0.15, 0.2) is 5.43 Å². The first kappa shape index (κ1) is 9.39. The van der Waals surface area contributed by atoms with E-state index in [9.17, 15) is 4.79 Å².